The fourth-order valence-corrected chi connectivity index (χ4v) is 2.67. The molecule has 2 aromatic carbocycles. The van der Waals surface area contributed by atoms with Gasteiger partial charge in [-0.1, -0.05) is 36.4 Å². The van der Waals surface area contributed by atoms with Gasteiger partial charge in [0.05, 0.1) is 17.9 Å². The maximum Gasteiger partial charge on any atom is 1.00 e. The second-order valence-corrected chi connectivity index (χ2v) is 5.90. The molecule has 136 valence electrons. The molecule has 0 unspecified atom stereocenters. The second kappa shape index (κ2) is 14.8. The number of nitrogens with zero attached hydrogens (tertiary/aromatic N) is 1. The fraction of sp³-hybridized carbons (Fsp3) is 0.211. The van der Waals surface area contributed by atoms with E-state index in [4.69, 9.17) is 0 Å². The summed E-state index contributed by atoms with van der Waals surface area (Å²) in [4.78, 5) is 34.8. The molecule has 0 aromatic heterocycles. The second-order valence-electron chi connectivity index (χ2n) is 5.90. The predicted molar refractivity (Wildman–Crippen MR) is 85.4 cm³/mol. The van der Waals surface area contributed by atoms with Crippen molar-refractivity contribution in [2.75, 3.05) is 6.54 Å². The van der Waals surface area contributed by atoms with Gasteiger partial charge in [-0.15, -0.1) is 0 Å². The van der Waals surface area contributed by atoms with Crippen LogP contribution in [0.5, 0.6) is 0 Å². The minimum Gasteiger partial charge on any atom is -0.549 e. The van der Waals surface area contributed by atoms with Crippen molar-refractivity contribution in [1.29, 1.82) is 0 Å². The molecule has 0 aliphatic carbocycles. The summed E-state index contributed by atoms with van der Waals surface area (Å²) in [5.41, 5.74) is 1.34. The Morgan fingerprint density at radius 1 is 0.828 bits per heavy atom. The van der Waals surface area contributed by atoms with E-state index in [9.17, 15) is 29.7 Å². The summed E-state index contributed by atoms with van der Waals surface area (Å²) in [5, 5.41) is 33.2. The van der Waals surface area contributed by atoms with Crippen LogP contribution in [-0.2, 0) is 17.9 Å². The molecule has 0 saturated heterocycles. The number of hydrogen-bond donors (Lipinski definition) is 0. The third kappa shape index (κ3) is 9.65. The Morgan fingerprint density at radius 2 is 1.41 bits per heavy atom. The van der Waals surface area contributed by atoms with Crippen LogP contribution in [0, 0.1) is 6.92 Å². The molecule has 10 heteroatoms. The van der Waals surface area contributed by atoms with Gasteiger partial charge in [0.1, 0.15) is 0 Å². The molecule has 0 atom stereocenters. The number of carboxylic acids is 3. The maximum absolute atomic E-state index is 11.2. The zero-order chi connectivity index (χ0) is 19.3. The summed E-state index contributed by atoms with van der Waals surface area (Å²) in [6.07, 6.45) is 0. The Balaban J connectivity index is 0. The third-order valence-electron chi connectivity index (χ3n) is 3.94. The first kappa shape index (κ1) is 31.0. The zero-order valence-corrected chi connectivity index (χ0v) is 23.1. The zero-order valence-electron chi connectivity index (χ0n) is 17.1. The molecule has 0 radical (unpaired) electrons. The number of aryl methyl sites for hydroxylation is 1. The van der Waals surface area contributed by atoms with Gasteiger partial charge < -0.3 is 29.7 Å². The van der Waals surface area contributed by atoms with Crippen LogP contribution in [0.1, 0.15) is 37.4 Å². The molecule has 29 heavy (non-hydrogen) atoms. The van der Waals surface area contributed by atoms with Gasteiger partial charge in [-0.2, -0.15) is 0 Å². The van der Waals surface area contributed by atoms with Crippen LogP contribution < -0.4 is 104 Å². The Morgan fingerprint density at radius 3 is 1.93 bits per heavy atom. The van der Waals surface area contributed by atoms with Gasteiger partial charge in [0.15, 0.2) is 0 Å². The molecule has 2 aromatic rings. The van der Waals surface area contributed by atoms with Gasteiger partial charge in [0, 0.05) is 30.8 Å². The quantitative estimate of drug-likeness (QED) is 0.386. The van der Waals surface area contributed by atoms with Crippen molar-refractivity contribution < 1.29 is 118 Å². The SMILES string of the molecule is Cc1ccccc1CN(CC(=O)[O-])Cc1ccc(C(=O)[O-])c(C(=O)[O-])c1.[Na+].[Na+].[Na+]. The molecular formula is C19H16NNa3O6. The summed E-state index contributed by atoms with van der Waals surface area (Å²) in [5.74, 6) is -4.54. The Kier molecular flexibility index (Phi) is 15.8. The fourth-order valence-electron chi connectivity index (χ4n) is 2.67. The Labute approximate surface area is 235 Å². The van der Waals surface area contributed by atoms with Gasteiger partial charge in [-0.05, 0) is 29.7 Å². The van der Waals surface area contributed by atoms with E-state index < -0.39 is 29.0 Å². The maximum atomic E-state index is 11.2. The number of carbonyl (C=O) groups is 3. The first-order chi connectivity index (χ1) is 12.3. The average Bonchev–Trinajstić information content (AvgIpc) is 2.56. The molecule has 0 bridgehead atoms. The van der Waals surface area contributed by atoms with Crippen LogP contribution in [0.25, 0.3) is 0 Å². The number of benzene rings is 2. The van der Waals surface area contributed by atoms with Gasteiger partial charge in [-0.3, -0.25) is 4.90 Å². The predicted octanol–water partition coefficient (Wildman–Crippen LogP) is -10.5. The van der Waals surface area contributed by atoms with Crippen LogP contribution in [0.3, 0.4) is 0 Å². The summed E-state index contributed by atoms with van der Waals surface area (Å²) < 4.78 is 0. The summed E-state index contributed by atoms with van der Waals surface area (Å²) in [7, 11) is 0. The summed E-state index contributed by atoms with van der Waals surface area (Å²) in [6.45, 7) is 1.94. The number of aromatic carboxylic acids is 2. The molecule has 0 spiro atoms. The van der Waals surface area contributed by atoms with Crippen molar-refractivity contribution in [3.63, 3.8) is 0 Å². The van der Waals surface area contributed by atoms with Crippen molar-refractivity contribution in [3.8, 4) is 0 Å². The molecular weight excluding hydrogens is 407 g/mol. The monoisotopic (exact) mass is 423 g/mol. The van der Waals surface area contributed by atoms with E-state index in [-0.39, 0.29) is 102 Å². The van der Waals surface area contributed by atoms with E-state index in [1.54, 1.807) is 4.90 Å². The van der Waals surface area contributed by atoms with Crippen molar-refractivity contribution in [1.82, 2.24) is 4.90 Å². The van der Waals surface area contributed by atoms with Crippen molar-refractivity contribution in [3.05, 3.63) is 70.3 Å². The molecule has 0 aliphatic heterocycles. The summed E-state index contributed by atoms with van der Waals surface area (Å²) in [6, 6.07) is 11.1. The van der Waals surface area contributed by atoms with E-state index in [1.165, 1.54) is 6.07 Å². The number of hydrogen-bond acceptors (Lipinski definition) is 7. The molecule has 2 rings (SSSR count). The van der Waals surface area contributed by atoms with Crippen LogP contribution in [0.4, 0.5) is 0 Å². The molecule has 0 amide bonds. The Hall–Kier alpha value is -0.190. The minimum absolute atomic E-state index is 0. The normalized spacial score (nSPS) is 9.59. The minimum atomic E-state index is -1.64. The Bertz CT molecular complexity index is 860. The first-order valence-corrected chi connectivity index (χ1v) is 7.80. The largest absolute Gasteiger partial charge is 1.00 e. The molecule has 7 nitrogen and oxygen atoms in total. The van der Waals surface area contributed by atoms with Gasteiger partial charge in [-0.25, -0.2) is 0 Å². The van der Waals surface area contributed by atoms with Gasteiger partial charge >= 0.3 is 88.7 Å². The average molecular weight is 423 g/mol. The number of aliphatic carboxylic acids is 1. The molecule has 0 saturated carbocycles. The van der Waals surface area contributed by atoms with Gasteiger partial charge in [0.2, 0.25) is 0 Å². The summed E-state index contributed by atoms with van der Waals surface area (Å²) >= 11 is 0. The smallest absolute Gasteiger partial charge is 0.549 e. The number of rotatable bonds is 8. The number of carboxylic acid groups (broad SMARTS) is 3. The van der Waals surface area contributed by atoms with E-state index in [0.717, 1.165) is 23.3 Å². The molecule has 0 heterocycles. The van der Waals surface area contributed by atoms with Crippen LogP contribution in [0.2, 0.25) is 0 Å². The van der Waals surface area contributed by atoms with E-state index >= 15 is 0 Å². The van der Waals surface area contributed by atoms with E-state index in [1.807, 2.05) is 31.2 Å². The third-order valence-corrected chi connectivity index (χ3v) is 3.94. The van der Waals surface area contributed by atoms with Crippen molar-refractivity contribution >= 4 is 17.9 Å². The standard InChI is InChI=1S/C19H19NO6.3Na/c1-12-4-2-3-5-14(12)10-20(11-17(21)22)9-13-6-7-15(18(23)24)16(8-13)19(25)26;;;/h2-8H,9-11H2,1H3,(H,21,22)(H,23,24)(H,25,26);;;/q;3*+1/p-3. The molecule has 0 N–H and O–H groups in total. The number of carbonyl (C=O) groups excluding carboxylic acids is 3. The van der Waals surface area contributed by atoms with Crippen molar-refractivity contribution in [2.24, 2.45) is 0 Å². The molecule has 0 aliphatic rings. The van der Waals surface area contributed by atoms with Crippen LogP contribution in [-0.4, -0.2) is 29.4 Å². The molecule has 0 fully saturated rings. The van der Waals surface area contributed by atoms with Crippen LogP contribution in [0.15, 0.2) is 42.5 Å². The van der Waals surface area contributed by atoms with E-state index in [2.05, 4.69) is 0 Å². The van der Waals surface area contributed by atoms with Gasteiger partial charge in [0.25, 0.3) is 0 Å². The topological polar surface area (TPSA) is 124 Å². The van der Waals surface area contributed by atoms with E-state index in [0.29, 0.717) is 12.1 Å². The first-order valence-electron chi connectivity index (χ1n) is 7.80. The van der Waals surface area contributed by atoms with Crippen LogP contribution >= 0.6 is 0 Å². The van der Waals surface area contributed by atoms with Crippen molar-refractivity contribution in [2.45, 2.75) is 20.0 Å².